The van der Waals surface area contributed by atoms with Crippen LogP contribution in [0.4, 0.5) is 10.9 Å². The number of ether oxygens (including phenoxy) is 1. The highest BCUT2D eigenvalue weighted by Crippen LogP contribution is 2.27. The first-order valence-electron chi connectivity index (χ1n) is 9.94. The number of carbonyl (C=O) groups excluding carboxylic acids is 1. The highest BCUT2D eigenvalue weighted by Gasteiger charge is 2.09. The van der Waals surface area contributed by atoms with Crippen LogP contribution in [0, 0.1) is 0 Å². The van der Waals surface area contributed by atoms with Crippen LogP contribution in [-0.2, 0) is 13.0 Å². The van der Waals surface area contributed by atoms with Gasteiger partial charge in [0.2, 0.25) is 0 Å². The third-order valence-electron chi connectivity index (χ3n) is 4.49. The highest BCUT2D eigenvalue weighted by atomic mass is 32.1. The minimum Gasteiger partial charge on any atom is -0.485 e. The number of carbonyl (C=O) groups is 1. The molecule has 2 N–H and O–H groups in total. The molecule has 0 bridgehead atoms. The highest BCUT2D eigenvalue weighted by molar-refractivity contribution is 7.13. The predicted octanol–water partition coefficient (Wildman–Crippen LogP) is 4.83. The molecule has 4 aromatic rings. The fourth-order valence-electron chi connectivity index (χ4n) is 2.91. The lowest BCUT2D eigenvalue weighted by molar-refractivity contribution is 0.0954. The first-order chi connectivity index (χ1) is 15.3. The Bertz CT molecular complexity index is 1120. The SMILES string of the molecule is O=C(NCCc1csc(Nc2ncccc2OCc2ccccc2)n1)c1ccccc1. The van der Waals surface area contributed by atoms with Crippen LogP contribution in [0.3, 0.4) is 0 Å². The number of pyridine rings is 1. The molecule has 2 heterocycles. The Morgan fingerprint density at radius 3 is 2.55 bits per heavy atom. The van der Waals surface area contributed by atoms with Gasteiger partial charge in [0.1, 0.15) is 6.61 Å². The molecule has 0 fully saturated rings. The van der Waals surface area contributed by atoms with E-state index in [1.54, 1.807) is 18.3 Å². The van der Waals surface area contributed by atoms with Crippen molar-refractivity contribution in [1.82, 2.24) is 15.3 Å². The zero-order chi connectivity index (χ0) is 21.3. The molecular weight excluding hydrogens is 408 g/mol. The van der Waals surface area contributed by atoms with E-state index in [-0.39, 0.29) is 5.91 Å². The van der Waals surface area contributed by atoms with Crippen LogP contribution in [0.2, 0.25) is 0 Å². The Hall–Kier alpha value is -3.71. The smallest absolute Gasteiger partial charge is 0.251 e. The minimum absolute atomic E-state index is 0.0807. The van der Waals surface area contributed by atoms with Gasteiger partial charge in [-0.15, -0.1) is 11.3 Å². The third kappa shape index (κ3) is 5.90. The van der Waals surface area contributed by atoms with E-state index in [2.05, 4.69) is 20.6 Å². The lowest BCUT2D eigenvalue weighted by Crippen LogP contribution is -2.25. The van der Waals surface area contributed by atoms with Crippen LogP contribution in [0.5, 0.6) is 5.75 Å². The molecular formula is C24H22N4O2S. The molecule has 4 rings (SSSR count). The summed E-state index contributed by atoms with van der Waals surface area (Å²) in [6, 6.07) is 22.9. The van der Waals surface area contributed by atoms with E-state index >= 15 is 0 Å². The van der Waals surface area contributed by atoms with Crippen molar-refractivity contribution >= 4 is 28.2 Å². The van der Waals surface area contributed by atoms with Gasteiger partial charge >= 0.3 is 0 Å². The second-order valence-electron chi connectivity index (χ2n) is 6.77. The second kappa shape index (κ2) is 10.4. The summed E-state index contributed by atoms with van der Waals surface area (Å²) in [5.41, 5.74) is 2.65. The maximum atomic E-state index is 12.1. The molecule has 0 atom stereocenters. The number of aromatic nitrogens is 2. The number of thiazole rings is 1. The molecule has 2 aromatic heterocycles. The average Bonchev–Trinajstić information content (AvgIpc) is 3.27. The van der Waals surface area contributed by atoms with E-state index in [0.29, 0.717) is 36.7 Å². The second-order valence-corrected chi connectivity index (χ2v) is 7.62. The summed E-state index contributed by atoms with van der Waals surface area (Å²) >= 11 is 1.49. The molecule has 0 saturated carbocycles. The van der Waals surface area contributed by atoms with Crippen LogP contribution < -0.4 is 15.4 Å². The predicted molar refractivity (Wildman–Crippen MR) is 123 cm³/mol. The molecule has 6 nitrogen and oxygen atoms in total. The number of hydrogen-bond acceptors (Lipinski definition) is 6. The largest absolute Gasteiger partial charge is 0.485 e. The summed E-state index contributed by atoms with van der Waals surface area (Å²) in [6.07, 6.45) is 2.36. The zero-order valence-electron chi connectivity index (χ0n) is 16.8. The van der Waals surface area contributed by atoms with Gasteiger partial charge in [-0.2, -0.15) is 0 Å². The molecule has 0 aliphatic heterocycles. The first kappa shape index (κ1) is 20.6. The Balaban J connectivity index is 1.31. The minimum atomic E-state index is -0.0807. The van der Waals surface area contributed by atoms with E-state index in [4.69, 9.17) is 4.74 Å². The zero-order valence-corrected chi connectivity index (χ0v) is 17.6. The fraction of sp³-hybridized carbons (Fsp3) is 0.125. The summed E-state index contributed by atoms with van der Waals surface area (Å²) in [5, 5.41) is 8.86. The van der Waals surface area contributed by atoms with Crippen LogP contribution in [0.15, 0.2) is 84.4 Å². The molecule has 0 aliphatic rings. The molecule has 1 amide bonds. The van der Waals surface area contributed by atoms with Gasteiger partial charge in [-0.25, -0.2) is 9.97 Å². The van der Waals surface area contributed by atoms with Crippen molar-refractivity contribution in [2.24, 2.45) is 0 Å². The fourth-order valence-corrected chi connectivity index (χ4v) is 3.66. The molecule has 2 aromatic carbocycles. The lowest BCUT2D eigenvalue weighted by atomic mass is 10.2. The quantitative estimate of drug-likeness (QED) is 0.398. The number of hydrogen-bond donors (Lipinski definition) is 2. The maximum absolute atomic E-state index is 12.1. The third-order valence-corrected chi connectivity index (χ3v) is 5.29. The summed E-state index contributed by atoms with van der Waals surface area (Å²) in [4.78, 5) is 21.1. The normalized spacial score (nSPS) is 10.5. The number of nitrogens with one attached hydrogen (secondary N) is 2. The monoisotopic (exact) mass is 430 g/mol. The number of nitrogens with zero attached hydrogens (tertiary/aromatic N) is 2. The van der Waals surface area contributed by atoms with Gasteiger partial charge in [-0.05, 0) is 29.8 Å². The Morgan fingerprint density at radius 2 is 1.74 bits per heavy atom. The van der Waals surface area contributed by atoms with E-state index in [1.165, 1.54) is 11.3 Å². The van der Waals surface area contributed by atoms with Gasteiger partial charge in [0.15, 0.2) is 16.7 Å². The van der Waals surface area contributed by atoms with Crippen molar-refractivity contribution in [1.29, 1.82) is 0 Å². The van der Waals surface area contributed by atoms with Gasteiger partial charge in [0, 0.05) is 30.1 Å². The van der Waals surface area contributed by atoms with Crippen molar-refractivity contribution in [3.63, 3.8) is 0 Å². The van der Waals surface area contributed by atoms with Crippen LogP contribution in [0.25, 0.3) is 0 Å². The summed E-state index contributed by atoms with van der Waals surface area (Å²) in [7, 11) is 0. The van der Waals surface area contributed by atoms with Crippen molar-refractivity contribution in [3.8, 4) is 5.75 Å². The summed E-state index contributed by atoms with van der Waals surface area (Å²) in [6.45, 7) is 0.984. The standard InChI is InChI=1S/C24H22N4O2S/c29-23(19-10-5-2-6-11-19)26-15-13-20-17-31-24(27-20)28-22-21(12-7-14-25-22)30-16-18-8-3-1-4-9-18/h1-12,14,17H,13,15-16H2,(H,26,29)(H,25,27,28). The molecule has 0 radical (unpaired) electrons. The molecule has 31 heavy (non-hydrogen) atoms. The molecule has 0 aliphatic carbocycles. The maximum Gasteiger partial charge on any atom is 0.251 e. The topological polar surface area (TPSA) is 76.1 Å². The van der Waals surface area contributed by atoms with Gasteiger partial charge in [-0.3, -0.25) is 4.79 Å². The summed E-state index contributed by atoms with van der Waals surface area (Å²) < 4.78 is 5.94. The molecule has 0 unspecified atom stereocenters. The number of amides is 1. The molecule has 156 valence electrons. The van der Waals surface area contributed by atoms with Gasteiger partial charge in [0.25, 0.3) is 5.91 Å². The van der Waals surface area contributed by atoms with E-state index in [0.717, 1.165) is 16.4 Å². The molecule has 7 heteroatoms. The van der Waals surface area contributed by atoms with Crippen molar-refractivity contribution in [2.75, 3.05) is 11.9 Å². The Morgan fingerprint density at radius 1 is 0.968 bits per heavy atom. The van der Waals surface area contributed by atoms with Crippen molar-refractivity contribution in [2.45, 2.75) is 13.0 Å². The summed E-state index contributed by atoms with van der Waals surface area (Å²) in [5.74, 6) is 1.21. The van der Waals surface area contributed by atoms with Gasteiger partial charge in [0.05, 0.1) is 5.69 Å². The van der Waals surface area contributed by atoms with E-state index in [9.17, 15) is 4.79 Å². The number of anilines is 2. The van der Waals surface area contributed by atoms with Crippen LogP contribution in [-0.4, -0.2) is 22.4 Å². The average molecular weight is 431 g/mol. The first-order valence-corrected chi connectivity index (χ1v) is 10.8. The Labute approximate surface area is 185 Å². The Kier molecular flexibility index (Phi) is 6.87. The molecule has 0 spiro atoms. The van der Waals surface area contributed by atoms with Crippen molar-refractivity contribution in [3.05, 3.63) is 101 Å². The van der Waals surface area contributed by atoms with Gasteiger partial charge < -0.3 is 15.4 Å². The number of rotatable bonds is 9. The van der Waals surface area contributed by atoms with Crippen molar-refractivity contribution < 1.29 is 9.53 Å². The van der Waals surface area contributed by atoms with E-state index in [1.807, 2.05) is 66.0 Å². The molecule has 0 saturated heterocycles. The van der Waals surface area contributed by atoms with Crippen LogP contribution in [0.1, 0.15) is 21.6 Å². The van der Waals surface area contributed by atoms with E-state index < -0.39 is 0 Å². The lowest BCUT2D eigenvalue weighted by Gasteiger charge is -2.10. The van der Waals surface area contributed by atoms with Gasteiger partial charge in [-0.1, -0.05) is 48.5 Å². The van der Waals surface area contributed by atoms with Crippen LogP contribution >= 0.6 is 11.3 Å². The number of benzene rings is 2.